The van der Waals surface area contributed by atoms with Crippen LogP contribution >= 0.6 is 0 Å². The van der Waals surface area contributed by atoms with Crippen molar-refractivity contribution in [3.8, 4) is 0 Å². The molecule has 0 radical (unpaired) electrons. The normalized spacial score (nSPS) is 24.0. The molecule has 0 aromatic heterocycles. The van der Waals surface area contributed by atoms with Gasteiger partial charge in [-0.15, -0.1) is 0 Å². The first-order valence-electron chi connectivity index (χ1n) is 7.27. The van der Waals surface area contributed by atoms with Gasteiger partial charge in [0, 0.05) is 5.56 Å². The quantitative estimate of drug-likeness (QED) is 0.926. The number of sulfone groups is 1. The summed E-state index contributed by atoms with van der Waals surface area (Å²) in [5.41, 5.74) is 2.36. The summed E-state index contributed by atoms with van der Waals surface area (Å²) < 4.78 is 24.0. The highest BCUT2D eigenvalue weighted by Crippen LogP contribution is 2.27. The minimum atomic E-state index is -2.93. The van der Waals surface area contributed by atoms with Crippen molar-refractivity contribution >= 4 is 9.84 Å². The summed E-state index contributed by atoms with van der Waals surface area (Å²) in [4.78, 5) is 0. The van der Waals surface area contributed by atoms with E-state index in [-0.39, 0.29) is 23.5 Å². The van der Waals surface area contributed by atoms with Gasteiger partial charge in [0.2, 0.25) is 0 Å². The number of quaternary nitrogens is 1. The molecule has 1 aliphatic rings. The van der Waals surface area contributed by atoms with Gasteiger partial charge in [0.25, 0.3) is 0 Å². The zero-order chi connectivity index (χ0) is 14.7. The number of rotatable bonds is 4. The largest absolute Gasteiger partial charge is 0.339 e. The number of hydrogen-bond donors (Lipinski definition) is 1. The Balaban J connectivity index is 1.76. The molecule has 0 aliphatic carbocycles. The summed E-state index contributed by atoms with van der Waals surface area (Å²) in [7, 11) is -2.93. The zero-order valence-electron chi connectivity index (χ0n) is 11.9. The van der Waals surface area contributed by atoms with Crippen LogP contribution in [-0.4, -0.2) is 26.0 Å². The fraction of sp³-hybridized carbons (Fsp3) is 0.294. The van der Waals surface area contributed by atoms with Gasteiger partial charge in [0.15, 0.2) is 9.84 Å². The molecule has 0 unspecified atom stereocenters. The lowest BCUT2D eigenvalue weighted by molar-refractivity contribution is -0.701. The summed E-state index contributed by atoms with van der Waals surface area (Å²) in [5, 5.41) is 2.18. The van der Waals surface area contributed by atoms with Gasteiger partial charge < -0.3 is 5.32 Å². The third-order valence-electron chi connectivity index (χ3n) is 4.12. The molecule has 3 rings (SSSR count). The van der Waals surface area contributed by atoms with Crippen LogP contribution < -0.4 is 5.32 Å². The van der Waals surface area contributed by atoms with Gasteiger partial charge in [-0.2, -0.15) is 0 Å². The molecule has 1 saturated heterocycles. The molecule has 0 amide bonds. The third-order valence-corrected chi connectivity index (χ3v) is 5.88. The molecule has 0 bridgehead atoms. The van der Waals surface area contributed by atoms with Crippen LogP contribution in [0.25, 0.3) is 0 Å². The maximum atomic E-state index is 12.0. The van der Waals surface area contributed by atoms with Crippen LogP contribution in [0.4, 0.5) is 0 Å². The average molecular weight is 302 g/mol. The molecular formula is C17H20NO2S+. The van der Waals surface area contributed by atoms with Gasteiger partial charge in [-0.3, -0.25) is 0 Å². The van der Waals surface area contributed by atoms with Crippen molar-refractivity contribution in [1.29, 1.82) is 0 Å². The van der Waals surface area contributed by atoms with Crippen molar-refractivity contribution in [1.82, 2.24) is 0 Å². The lowest BCUT2D eigenvalue weighted by atomic mass is 9.94. The average Bonchev–Trinajstić information content (AvgIpc) is 2.82. The van der Waals surface area contributed by atoms with Crippen LogP contribution in [0.1, 0.15) is 17.0 Å². The Bertz CT molecular complexity index is 683. The summed E-state index contributed by atoms with van der Waals surface area (Å²) in [6, 6.07) is 20.3. The van der Waals surface area contributed by atoms with Crippen LogP contribution in [0.5, 0.6) is 0 Å². The molecule has 1 fully saturated rings. The number of nitrogens with two attached hydrogens (primary N) is 1. The monoisotopic (exact) mass is 302 g/mol. The minimum absolute atomic E-state index is 0.0971. The topological polar surface area (TPSA) is 50.8 Å². The number of hydrogen-bond acceptors (Lipinski definition) is 2. The van der Waals surface area contributed by atoms with E-state index in [1.54, 1.807) is 0 Å². The van der Waals surface area contributed by atoms with E-state index in [9.17, 15) is 8.42 Å². The van der Waals surface area contributed by atoms with Gasteiger partial charge in [-0.25, -0.2) is 8.42 Å². The molecule has 2 aromatic rings. The first-order valence-corrected chi connectivity index (χ1v) is 9.09. The molecule has 1 aliphatic heterocycles. The maximum Gasteiger partial charge on any atom is 0.156 e. The van der Waals surface area contributed by atoms with Crippen molar-refractivity contribution in [2.75, 3.05) is 11.5 Å². The highest BCUT2D eigenvalue weighted by atomic mass is 32.2. The van der Waals surface area contributed by atoms with Gasteiger partial charge in [0.05, 0.1) is 11.7 Å². The van der Waals surface area contributed by atoms with Crippen LogP contribution in [0.15, 0.2) is 60.7 Å². The Morgan fingerprint density at radius 1 is 0.905 bits per heavy atom. The fourth-order valence-corrected chi connectivity index (χ4v) is 5.13. The zero-order valence-corrected chi connectivity index (χ0v) is 12.7. The second-order valence-electron chi connectivity index (χ2n) is 5.68. The maximum absolute atomic E-state index is 12.0. The standard InChI is InChI=1S/C17H19NO2S/c19-21(20)12-16(15-9-5-2-6-10-15)17(13-21)18-11-14-7-3-1-4-8-14/h1-10,16-18H,11-13H2/p+1/t16-,17-/m1/s1. The predicted octanol–water partition coefficient (Wildman–Crippen LogP) is 1.33. The van der Waals surface area contributed by atoms with E-state index in [1.165, 1.54) is 5.56 Å². The first kappa shape index (κ1) is 14.3. The van der Waals surface area contributed by atoms with Crippen LogP contribution in [-0.2, 0) is 16.4 Å². The lowest BCUT2D eigenvalue weighted by Crippen LogP contribution is -2.90. The smallest absolute Gasteiger partial charge is 0.156 e. The van der Waals surface area contributed by atoms with Crippen molar-refractivity contribution in [3.05, 3.63) is 71.8 Å². The summed E-state index contributed by atoms with van der Waals surface area (Å²) in [5.74, 6) is 0.645. The van der Waals surface area contributed by atoms with Crippen LogP contribution in [0.2, 0.25) is 0 Å². The molecular weight excluding hydrogens is 282 g/mol. The van der Waals surface area contributed by atoms with Crippen molar-refractivity contribution in [2.24, 2.45) is 0 Å². The Morgan fingerprint density at radius 3 is 2.19 bits per heavy atom. The van der Waals surface area contributed by atoms with Crippen LogP contribution in [0.3, 0.4) is 0 Å². The van der Waals surface area contributed by atoms with Gasteiger partial charge in [-0.1, -0.05) is 60.7 Å². The van der Waals surface area contributed by atoms with Crippen molar-refractivity contribution < 1.29 is 13.7 Å². The summed E-state index contributed by atoms with van der Waals surface area (Å²) in [6.45, 7) is 0.824. The highest BCUT2D eigenvalue weighted by Gasteiger charge is 2.40. The third kappa shape index (κ3) is 3.52. The fourth-order valence-electron chi connectivity index (χ4n) is 3.05. The van der Waals surface area contributed by atoms with E-state index in [0.29, 0.717) is 0 Å². The second-order valence-corrected chi connectivity index (χ2v) is 7.84. The van der Waals surface area contributed by atoms with E-state index in [0.717, 1.165) is 12.1 Å². The van der Waals surface area contributed by atoms with Gasteiger partial charge in [-0.05, 0) is 5.56 Å². The van der Waals surface area contributed by atoms with E-state index >= 15 is 0 Å². The van der Waals surface area contributed by atoms with Gasteiger partial charge in [0.1, 0.15) is 18.3 Å². The van der Waals surface area contributed by atoms with Crippen LogP contribution in [0, 0.1) is 0 Å². The number of benzene rings is 2. The predicted molar refractivity (Wildman–Crippen MR) is 83.7 cm³/mol. The molecule has 1 heterocycles. The first-order chi connectivity index (χ1) is 10.1. The molecule has 21 heavy (non-hydrogen) atoms. The molecule has 2 aromatic carbocycles. The van der Waals surface area contributed by atoms with E-state index in [1.807, 2.05) is 48.5 Å². The molecule has 2 N–H and O–H groups in total. The molecule has 3 nitrogen and oxygen atoms in total. The molecule has 110 valence electrons. The Kier molecular flexibility index (Phi) is 4.08. The summed E-state index contributed by atoms with van der Waals surface area (Å²) in [6.07, 6.45) is 0. The van der Waals surface area contributed by atoms with E-state index in [4.69, 9.17) is 0 Å². The Morgan fingerprint density at radius 2 is 1.52 bits per heavy atom. The highest BCUT2D eigenvalue weighted by molar-refractivity contribution is 7.91. The Labute approximate surface area is 125 Å². The van der Waals surface area contributed by atoms with Crippen molar-refractivity contribution in [3.63, 3.8) is 0 Å². The minimum Gasteiger partial charge on any atom is -0.339 e. The van der Waals surface area contributed by atoms with E-state index < -0.39 is 9.84 Å². The SMILES string of the molecule is O=S1(=O)C[C@H](c2ccccc2)[C@H]([NH2+]Cc2ccccc2)C1. The second kappa shape index (κ2) is 6.00. The van der Waals surface area contributed by atoms with Crippen molar-refractivity contribution in [2.45, 2.75) is 18.5 Å². The molecule has 0 saturated carbocycles. The Hall–Kier alpha value is -1.65. The molecule has 2 atom stereocenters. The summed E-state index contributed by atoms with van der Waals surface area (Å²) >= 11 is 0. The van der Waals surface area contributed by atoms with E-state index in [2.05, 4.69) is 17.4 Å². The molecule has 4 heteroatoms. The lowest BCUT2D eigenvalue weighted by Gasteiger charge is -2.17. The van der Waals surface area contributed by atoms with Gasteiger partial charge >= 0.3 is 0 Å². The molecule has 0 spiro atoms.